The van der Waals surface area contributed by atoms with E-state index in [2.05, 4.69) is 31.3 Å². The molecule has 0 aliphatic carbocycles. The molecule has 1 aliphatic rings. The molecule has 2 N–H and O–H groups in total. The third-order valence-electron chi connectivity index (χ3n) is 6.23. The molecule has 5 rings (SSSR count). The van der Waals surface area contributed by atoms with Crippen molar-refractivity contribution in [3.05, 3.63) is 70.8 Å². The molecule has 0 bridgehead atoms. The lowest BCUT2D eigenvalue weighted by Crippen LogP contribution is -2.33. The number of phenolic OH excluding ortho intramolecular Hbond substituents is 1. The van der Waals surface area contributed by atoms with E-state index in [0.29, 0.717) is 42.4 Å². The van der Waals surface area contributed by atoms with Gasteiger partial charge in [-0.05, 0) is 59.0 Å². The Hall–Kier alpha value is -2.89. The van der Waals surface area contributed by atoms with Crippen LogP contribution < -0.4 is 5.32 Å². The number of nitrogens with zero attached hydrogens (tertiary/aromatic N) is 4. The molecular weight excluding hydrogens is 552 g/mol. The second-order valence-corrected chi connectivity index (χ2v) is 11.0. The van der Waals surface area contributed by atoms with Crippen LogP contribution in [0, 0.1) is 17.6 Å². The summed E-state index contributed by atoms with van der Waals surface area (Å²) < 4.78 is 44.9. The third kappa shape index (κ3) is 5.14. The topological polar surface area (TPSA) is 82.8 Å². The predicted octanol–water partition coefficient (Wildman–Crippen LogP) is 5.38. The van der Waals surface area contributed by atoms with Crippen molar-refractivity contribution in [3.63, 3.8) is 0 Å². The summed E-state index contributed by atoms with van der Waals surface area (Å²) in [4.78, 5) is 4.66. The highest BCUT2D eigenvalue weighted by atomic mass is 79.9. The smallest absolute Gasteiger partial charge is 0.172 e. The Kier molecular flexibility index (Phi) is 7.31. The van der Waals surface area contributed by atoms with Crippen molar-refractivity contribution >= 4 is 38.4 Å². The van der Waals surface area contributed by atoms with Crippen molar-refractivity contribution in [2.45, 2.75) is 24.2 Å². The molecule has 1 aliphatic heterocycles. The average Bonchev–Trinajstić information content (AvgIpc) is 3.08. The number of hydrogen-bond acceptors (Lipinski definition) is 5. The van der Waals surface area contributed by atoms with Crippen LogP contribution in [0.3, 0.4) is 0 Å². The fourth-order valence-corrected chi connectivity index (χ4v) is 6.08. The summed E-state index contributed by atoms with van der Waals surface area (Å²) in [5, 5.41) is 18.2. The molecule has 188 valence electrons. The molecule has 2 aromatic heterocycles. The first-order valence-corrected chi connectivity index (χ1v) is 13.5. The molecule has 36 heavy (non-hydrogen) atoms. The molecule has 7 nitrogen and oxygen atoms in total. The lowest BCUT2D eigenvalue weighted by atomic mass is 10.0. The van der Waals surface area contributed by atoms with Crippen molar-refractivity contribution in [3.8, 4) is 17.0 Å². The Morgan fingerprint density at radius 3 is 2.81 bits per heavy atom. The summed E-state index contributed by atoms with van der Waals surface area (Å²) in [6.45, 7) is 1.64. The summed E-state index contributed by atoms with van der Waals surface area (Å²) in [7, 11) is -1.72. The van der Waals surface area contributed by atoms with Crippen LogP contribution in [0.25, 0.3) is 16.9 Å². The van der Waals surface area contributed by atoms with Gasteiger partial charge in [0.15, 0.2) is 5.65 Å². The number of para-hydroxylation sites is 1. The molecule has 0 saturated carbocycles. The van der Waals surface area contributed by atoms with Crippen molar-refractivity contribution in [2.75, 3.05) is 25.0 Å². The Bertz CT molecular complexity index is 1430. The van der Waals surface area contributed by atoms with Gasteiger partial charge in [-0.15, -0.1) is 0 Å². The van der Waals surface area contributed by atoms with Crippen LogP contribution in [-0.2, 0) is 11.0 Å². The number of nitrogens with one attached hydrogen (secondary N) is 1. The summed E-state index contributed by atoms with van der Waals surface area (Å²) in [6, 6.07) is 12.0. The van der Waals surface area contributed by atoms with Crippen molar-refractivity contribution in [1.82, 2.24) is 18.9 Å². The van der Waals surface area contributed by atoms with Gasteiger partial charge in [-0.1, -0.05) is 18.6 Å². The Morgan fingerprint density at radius 2 is 2.00 bits per heavy atom. The second-order valence-electron chi connectivity index (χ2n) is 8.73. The molecule has 2 atom stereocenters. The monoisotopic (exact) mass is 575 g/mol. The van der Waals surface area contributed by atoms with Crippen LogP contribution in [0.1, 0.15) is 19.3 Å². The van der Waals surface area contributed by atoms with E-state index in [1.807, 2.05) is 12.1 Å². The summed E-state index contributed by atoms with van der Waals surface area (Å²) in [5.74, 6) is -0.525. The van der Waals surface area contributed by atoms with E-state index in [4.69, 9.17) is 0 Å². The highest BCUT2D eigenvalue weighted by molar-refractivity contribution is 9.10. The lowest BCUT2D eigenvalue weighted by molar-refractivity contribution is 0.392. The molecule has 3 heterocycles. The first-order valence-electron chi connectivity index (χ1n) is 11.6. The zero-order valence-electron chi connectivity index (χ0n) is 19.2. The third-order valence-corrected chi connectivity index (χ3v) is 8.30. The molecule has 1 saturated heterocycles. The van der Waals surface area contributed by atoms with Crippen LogP contribution in [0.15, 0.2) is 64.1 Å². The number of aromatic hydroxyl groups is 1. The van der Waals surface area contributed by atoms with Crippen LogP contribution in [0.5, 0.6) is 5.75 Å². The summed E-state index contributed by atoms with van der Waals surface area (Å²) in [5.41, 5.74) is 1.81. The first kappa shape index (κ1) is 24.8. The minimum atomic E-state index is -1.72. The minimum absolute atomic E-state index is 0.00504. The van der Waals surface area contributed by atoms with Crippen LogP contribution in [-0.4, -0.2) is 47.9 Å². The highest BCUT2D eigenvalue weighted by Gasteiger charge is 2.25. The molecule has 0 spiro atoms. The van der Waals surface area contributed by atoms with E-state index in [1.165, 1.54) is 6.07 Å². The first-order chi connectivity index (χ1) is 17.4. The number of halogens is 3. The van der Waals surface area contributed by atoms with E-state index in [-0.39, 0.29) is 16.6 Å². The average molecular weight is 576 g/mol. The van der Waals surface area contributed by atoms with Crippen LogP contribution in [0.2, 0.25) is 0 Å². The van der Waals surface area contributed by atoms with Gasteiger partial charge in [0, 0.05) is 37.3 Å². The van der Waals surface area contributed by atoms with Gasteiger partial charge in [0.05, 0.1) is 21.3 Å². The maximum Gasteiger partial charge on any atom is 0.172 e. The summed E-state index contributed by atoms with van der Waals surface area (Å²) in [6.07, 6.45) is 4.37. The number of phenols is 1. The molecule has 0 radical (unpaired) electrons. The van der Waals surface area contributed by atoms with Gasteiger partial charge in [-0.25, -0.2) is 22.3 Å². The summed E-state index contributed by atoms with van der Waals surface area (Å²) >= 11 is 3.49. The Morgan fingerprint density at radius 1 is 1.17 bits per heavy atom. The number of fused-ring (bicyclic) bond motifs is 1. The number of rotatable bonds is 6. The second kappa shape index (κ2) is 10.6. The molecule has 4 aromatic rings. The van der Waals surface area contributed by atoms with E-state index < -0.39 is 22.6 Å². The molecular formula is C25H24BrF2N5O2S. The fraction of sp³-hybridized carbons (Fsp3) is 0.280. The van der Waals surface area contributed by atoms with Gasteiger partial charge in [0.2, 0.25) is 0 Å². The van der Waals surface area contributed by atoms with Crippen molar-refractivity contribution in [2.24, 2.45) is 5.92 Å². The normalized spacial score (nSPS) is 17.7. The van der Waals surface area contributed by atoms with Crippen molar-refractivity contribution in [1.29, 1.82) is 0 Å². The SMILES string of the molecule is O=S(c1ccc(F)cc1F)N1CCCCC(CNc2cc(-c3ccccc3O)nc3c(Br)cnn23)C1. The van der Waals surface area contributed by atoms with Gasteiger partial charge >= 0.3 is 0 Å². The van der Waals surface area contributed by atoms with Gasteiger partial charge in [0.25, 0.3) is 0 Å². The van der Waals surface area contributed by atoms with E-state index in [1.54, 1.807) is 33.2 Å². The quantitative estimate of drug-likeness (QED) is 0.322. The predicted molar refractivity (Wildman–Crippen MR) is 138 cm³/mol. The number of hydrogen-bond donors (Lipinski definition) is 2. The zero-order valence-corrected chi connectivity index (χ0v) is 21.6. The largest absolute Gasteiger partial charge is 0.507 e. The molecule has 1 fully saturated rings. The number of anilines is 1. The molecule has 2 aromatic carbocycles. The Balaban J connectivity index is 1.37. The maximum atomic E-state index is 14.3. The van der Waals surface area contributed by atoms with E-state index in [9.17, 15) is 18.1 Å². The molecule has 0 amide bonds. The van der Waals surface area contributed by atoms with E-state index in [0.717, 1.165) is 35.9 Å². The van der Waals surface area contributed by atoms with Crippen LogP contribution >= 0.6 is 15.9 Å². The van der Waals surface area contributed by atoms with Gasteiger partial charge in [0.1, 0.15) is 34.2 Å². The molecule has 11 heteroatoms. The minimum Gasteiger partial charge on any atom is -0.507 e. The van der Waals surface area contributed by atoms with Gasteiger partial charge in [-0.2, -0.15) is 9.61 Å². The molecule has 2 unspecified atom stereocenters. The van der Waals surface area contributed by atoms with Gasteiger partial charge < -0.3 is 10.4 Å². The van der Waals surface area contributed by atoms with Crippen molar-refractivity contribution < 1.29 is 18.1 Å². The van der Waals surface area contributed by atoms with Crippen LogP contribution in [0.4, 0.5) is 14.6 Å². The fourth-order valence-electron chi connectivity index (χ4n) is 4.40. The Labute approximate surface area is 217 Å². The number of benzene rings is 2. The standard InChI is InChI=1S/C25H24BrF2N5O2S/c26-19-14-30-33-24(12-21(31-25(19)33)18-6-1-2-7-22(18)34)29-13-16-5-3-4-10-32(15-16)36(35)23-9-8-17(27)11-20(23)28/h1-2,6-9,11-12,14,16,29,34H,3-5,10,13,15H2. The van der Waals surface area contributed by atoms with E-state index >= 15 is 0 Å². The lowest BCUT2D eigenvalue weighted by Gasteiger charge is -2.24. The highest BCUT2D eigenvalue weighted by Crippen LogP contribution is 2.31. The number of aromatic nitrogens is 3. The van der Waals surface area contributed by atoms with Gasteiger partial charge in [-0.3, -0.25) is 0 Å². The maximum absolute atomic E-state index is 14.3. The zero-order chi connectivity index (χ0) is 25.2.